The van der Waals surface area contributed by atoms with Crippen LogP contribution in [-0.2, 0) is 11.2 Å². The van der Waals surface area contributed by atoms with Gasteiger partial charge in [-0.05, 0) is 64.4 Å². The standard InChI is InChI=1S/C15H12BrIO2/c16-12-5-3-11(4-6-12)14(15(18)19)9-10-1-7-13(17)8-2-10/h1-8,14H,9H2,(H,18,19). The second kappa shape index (κ2) is 6.52. The molecule has 0 bridgehead atoms. The highest BCUT2D eigenvalue weighted by Gasteiger charge is 2.20. The molecule has 0 saturated heterocycles. The van der Waals surface area contributed by atoms with Crippen LogP contribution in [0.2, 0.25) is 0 Å². The van der Waals surface area contributed by atoms with Crippen LogP contribution in [0.1, 0.15) is 17.0 Å². The van der Waals surface area contributed by atoms with Gasteiger partial charge in [0.05, 0.1) is 5.92 Å². The molecule has 4 heteroatoms. The topological polar surface area (TPSA) is 37.3 Å². The molecule has 0 aliphatic carbocycles. The van der Waals surface area contributed by atoms with Crippen molar-refractivity contribution in [1.82, 2.24) is 0 Å². The third kappa shape index (κ3) is 4.04. The van der Waals surface area contributed by atoms with Crippen LogP contribution in [0.25, 0.3) is 0 Å². The summed E-state index contributed by atoms with van der Waals surface area (Å²) in [5.74, 6) is -1.30. The van der Waals surface area contributed by atoms with Crippen LogP contribution in [0.3, 0.4) is 0 Å². The zero-order valence-electron chi connectivity index (χ0n) is 10.0. The third-order valence-electron chi connectivity index (χ3n) is 2.92. The number of halogens is 2. The van der Waals surface area contributed by atoms with E-state index in [4.69, 9.17) is 0 Å². The van der Waals surface area contributed by atoms with E-state index < -0.39 is 11.9 Å². The summed E-state index contributed by atoms with van der Waals surface area (Å²) in [5, 5.41) is 9.40. The van der Waals surface area contributed by atoms with Crippen molar-refractivity contribution in [2.75, 3.05) is 0 Å². The van der Waals surface area contributed by atoms with Gasteiger partial charge in [-0.3, -0.25) is 4.79 Å². The Morgan fingerprint density at radius 1 is 1.11 bits per heavy atom. The quantitative estimate of drug-likeness (QED) is 0.727. The van der Waals surface area contributed by atoms with Crippen LogP contribution < -0.4 is 0 Å². The number of aliphatic carboxylic acids is 1. The fraction of sp³-hybridized carbons (Fsp3) is 0.133. The molecule has 19 heavy (non-hydrogen) atoms. The van der Waals surface area contributed by atoms with E-state index >= 15 is 0 Å². The Labute approximate surface area is 134 Å². The lowest BCUT2D eigenvalue weighted by atomic mass is 9.92. The summed E-state index contributed by atoms with van der Waals surface area (Å²) in [4.78, 5) is 11.4. The van der Waals surface area contributed by atoms with E-state index in [2.05, 4.69) is 38.5 Å². The van der Waals surface area contributed by atoms with Gasteiger partial charge in [-0.15, -0.1) is 0 Å². The van der Waals surface area contributed by atoms with Crippen molar-refractivity contribution >= 4 is 44.5 Å². The Kier molecular flexibility index (Phi) is 4.99. The zero-order chi connectivity index (χ0) is 13.8. The maximum atomic E-state index is 11.4. The third-order valence-corrected chi connectivity index (χ3v) is 4.17. The van der Waals surface area contributed by atoms with Crippen molar-refractivity contribution < 1.29 is 9.90 Å². The van der Waals surface area contributed by atoms with E-state index in [1.807, 2.05) is 48.5 Å². The van der Waals surface area contributed by atoms with Crippen LogP contribution >= 0.6 is 38.5 Å². The number of carbonyl (C=O) groups is 1. The molecular weight excluding hydrogens is 419 g/mol. The maximum absolute atomic E-state index is 11.4. The van der Waals surface area contributed by atoms with E-state index in [0.29, 0.717) is 6.42 Å². The Hall–Kier alpha value is -0.880. The molecule has 1 unspecified atom stereocenters. The van der Waals surface area contributed by atoms with Crippen LogP contribution in [-0.4, -0.2) is 11.1 Å². The van der Waals surface area contributed by atoms with Gasteiger partial charge in [0.2, 0.25) is 0 Å². The molecule has 1 atom stereocenters. The molecule has 0 spiro atoms. The fourth-order valence-electron chi connectivity index (χ4n) is 1.90. The lowest BCUT2D eigenvalue weighted by Crippen LogP contribution is -2.14. The normalized spacial score (nSPS) is 12.1. The summed E-state index contributed by atoms with van der Waals surface area (Å²) in [6, 6.07) is 15.4. The first-order valence-corrected chi connectivity index (χ1v) is 7.66. The molecule has 2 nitrogen and oxygen atoms in total. The SMILES string of the molecule is O=C(O)C(Cc1ccc(I)cc1)c1ccc(Br)cc1. The first-order chi connectivity index (χ1) is 9.06. The van der Waals surface area contributed by atoms with Gasteiger partial charge in [-0.2, -0.15) is 0 Å². The molecule has 2 aromatic carbocycles. The highest BCUT2D eigenvalue weighted by Crippen LogP contribution is 2.23. The van der Waals surface area contributed by atoms with Crippen molar-refractivity contribution in [2.24, 2.45) is 0 Å². The minimum Gasteiger partial charge on any atom is -0.481 e. The van der Waals surface area contributed by atoms with Gasteiger partial charge in [-0.25, -0.2) is 0 Å². The number of carboxylic acids is 1. The minimum atomic E-state index is -0.791. The maximum Gasteiger partial charge on any atom is 0.311 e. The first kappa shape index (κ1) is 14.5. The average molecular weight is 431 g/mol. The molecule has 0 fully saturated rings. The molecule has 0 amide bonds. The van der Waals surface area contributed by atoms with E-state index in [0.717, 1.165) is 19.2 Å². The summed E-state index contributed by atoms with van der Waals surface area (Å²) in [7, 11) is 0. The summed E-state index contributed by atoms with van der Waals surface area (Å²) >= 11 is 5.60. The predicted molar refractivity (Wildman–Crippen MR) is 87.4 cm³/mol. The highest BCUT2D eigenvalue weighted by atomic mass is 127. The van der Waals surface area contributed by atoms with Crippen molar-refractivity contribution in [1.29, 1.82) is 0 Å². The Morgan fingerprint density at radius 2 is 1.68 bits per heavy atom. The van der Waals surface area contributed by atoms with Gasteiger partial charge in [-0.1, -0.05) is 40.2 Å². The van der Waals surface area contributed by atoms with Gasteiger partial charge >= 0.3 is 5.97 Å². The lowest BCUT2D eigenvalue weighted by Gasteiger charge is -2.13. The lowest BCUT2D eigenvalue weighted by molar-refractivity contribution is -0.138. The molecule has 0 aliphatic heterocycles. The second-order valence-electron chi connectivity index (χ2n) is 4.27. The van der Waals surface area contributed by atoms with E-state index in [1.165, 1.54) is 0 Å². The van der Waals surface area contributed by atoms with Crippen LogP contribution in [0.15, 0.2) is 53.0 Å². The van der Waals surface area contributed by atoms with Gasteiger partial charge in [0, 0.05) is 8.04 Å². The van der Waals surface area contributed by atoms with Gasteiger partial charge in [0.1, 0.15) is 0 Å². The molecule has 0 heterocycles. The molecule has 98 valence electrons. The minimum absolute atomic E-state index is 0.506. The molecule has 0 radical (unpaired) electrons. The Morgan fingerprint density at radius 3 is 2.21 bits per heavy atom. The summed E-state index contributed by atoms with van der Waals surface area (Å²) in [6.07, 6.45) is 0.508. The number of benzene rings is 2. The van der Waals surface area contributed by atoms with Crippen molar-refractivity contribution in [2.45, 2.75) is 12.3 Å². The van der Waals surface area contributed by atoms with Gasteiger partial charge < -0.3 is 5.11 Å². The van der Waals surface area contributed by atoms with Crippen LogP contribution in [0.5, 0.6) is 0 Å². The monoisotopic (exact) mass is 430 g/mol. The number of hydrogen-bond acceptors (Lipinski definition) is 1. The van der Waals surface area contributed by atoms with Crippen molar-refractivity contribution in [3.8, 4) is 0 Å². The van der Waals surface area contributed by atoms with E-state index in [1.54, 1.807) is 0 Å². The smallest absolute Gasteiger partial charge is 0.311 e. The number of rotatable bonds is 4. The molecule has 0 aromatic heterocycles. The molecular formula is C15H12BrIO2. The molecule has 0 aliphatic rings. The predicted octanol–water partition coefficient (Wildman–Crippen LogP) is 4.46. The number of carboxylic acid groups (broad SMARTS) is 1. The largest absolute Gasteiger partial charge is 0.481 e. The molecule has 0 saturated carbocycles. The summed E-state index contributed by atoms with van der Waals surface area (Å²) in [5.41, 5.74) is 1.87. The van der Waals surface area contributed by atoms with Crippen LogP contribution in [0, 0.1) is 3.57 Å². The van der Waals surface area contributed by atoms with Gasteiger partial charge in [0.15, 0.2) is 0 Å². The van der Waals surface area contributed by atoms with Crippen molar-refractivity contribution in [3.63, 3.8) is 0 Å². The van der Waals surface area contributed by atoms with Crippen molar-refractivity contribution in [3.05, 3.63) is 67.7 Å². The Balaban J connectivity index is 2.23. The second-order valence-corrected chi connectivity index (χ2v) is 6.43. The van der Waals surface area contributed by atoms with E-state index in [-0.39, 0.29) is 0 Å². The van der Waals surface area contributed by atoms with Gasteiger partial charge in [0.25, 0.3) is 0 Å². The van der Waals surface area contributed by atoms with Crippen LogP contribution in [0.4, 0.5) is 0 Å². The average Bonchev–Trinajstić information content (AvgIpc) is 2.39. The molecule has 2 aromatic rings. The fourth-order valence-corrected chi connectivity index (χ4v) is 2.52. The highest BCUT2D eigenvalue weighted by molar-refractivity contribution is 14.1. The summed E-state index contributed by atoms with van der Waals surface area (Å²) < 4.78 is 2.10. The number of hydrogen-bond donors (Lipinski definition) is 1. The van der Waals surface area contributed by atoms with E-state index in [9.17, 15) is 9.90 Å². The summed E-state index contributed by atoms with van der Waals surface area (Å²) in [6.45, 7) is 0. The first-order valence-electron chi connectivity index (χ1n) is 5.79. The Bertz CT molecular complexity index is 564. The zero-order valence-corrected chi connectivity index (χ0v) is 13.8. The molecule has 2 rings (SSSR count). The molecule has 1 N–H and O–H groups in total.